The monoisotopic (exact) mass is 269 g/mol. The van der Waals surface area contributed by atoms with Gasteiger partial charge in [0.25, 0.3) is 0 Å². The minimum absolute atomic E-state index is 0.647. The summed E-state index contributed by atoms with van der Waals surface area (Å²) in [6, 6.07) is 0. The Labute approximate surface area is 118 Å². The summed E-state index contributed by atoms with van der Waals surface area (Å²) < 4.78 is 1.86. The lowest BCUT2D eigenvalue weighted by Gasteiger charge is -2.27. The van der Waals surface area contributed by atoms with Crippen LogP contribution in [0.5, 0.6) is 0 Å². The van der Waals surface area contributed by atoms with Crippen molar-refractivity contribution in [2.45, 2.75) is 38.3 Å². The van der Waals surface area contributed by atoms with E-state index in [1.807, 2.05) is 24.1 Å². The van der Waals surface area contributed by atoms with Gasteiger partial charge < -0.3 is 0 Å². The summed E-state index contributed by atoms with van der Waals surface area (Å²) in [6.45, 7) is 2.98. The molecule has 2 aromatic heterocycles. The van der Waals surface area contributed by atoms with E-state index in [0.29, 0.717) is 5.92 Å². The first-order chi connectivity index (χ1) is 9.78. The third-order valence-electron chi connectivity index (χ3n) is 4.14. The molecule has 0 radical (unpaired) electrons. The zero-order valence-electron chi connectivity index (χ0n) is 11.8. The summed E-state index contributed by atoms with van der Waals surface area (Å²) in [5.41, 5.74) is 3.83. The van der Waals surface area contributed by atoms with Crippen molar-refractivity contribution in [3.05, 3.63) is 41.2 Å². The van der Waals surface area contributed by atoms with Crippen LogP contribution in [0, 0.1) is 0 Å². The minimum atomic E-state index is 0.647. The molecule has 2 aliphatic rings. The number of hydrogen-bond donors (Lipinski definition) is 0. The van der Waals surface area contributed by atoms with E-state index in [1.54, 1.807) is 0 Å². The minimum Gasteiger partial charge on any atom is -0.294 e. The molecule has 5 heteroatoms. The Bertz CT molecular complexity index is 629. The molecule has 1 aliphatic carbocycles. The van der Waals surface area contributed by atoms with Gasteiger partial charge >= 0.3 is 0 Å². The molecule has 104 valence electrons. The molecular formula is C15H19N5. The first-order valence-corrected chi connectivity index (χ1v) is 7.32. The van der Waals surface area contributed by atoms with E-state index in [2.05, 4.69) is 21.2 Å². The van der Waals surface area contributed by atoms with Crippen molar-refractivity contribution in [1.82, 2.24) is 24.6 Å². The Morgan fingerprint density at radius 3 is 2.95 bits per heavy atom. The molecule has 0 amide bonds. The Balaban J connectivity index is 1.48. The molecular weight excluding hydrogens is 250 g/mol. The molecule has 0 atom stereocenters. The molecule has 0 N–H and O–H groups in total. The highest BCUT2D eigenvalue weighted by Crippen LogP contribution is 2.38. The van der Waals surface area contributed by atoms with Crippen LogP contribution in [-0.2, 0) is 26.6 Å². The van der Waals surface area contributed by atoms with Gasteiger partial charge in [-0.25, -0.2) is 9.97 Å². The summed E-state index contributed by atoms with van der Waals surface area (Å²) in [4.78, 5) is 11.8. The quantitative estimate of drug-likeness (QED) is 0.850. The molecule has 1 fully saturated rings. The number of aromatic nitrogens is 4. The standard InChI is InChI=1S/C15H19N5/c1-19-8-11(6-17-19)9-20-5-4-14-13(10-20)7-16-15(18-14)12-2-3-12/h6-8,12H,2-5,9-10H2,1H3. The maximum atomic E-state index is 4.77. The lowest BCUT2D eigenvalue weighted by Crippen LogP contribution is -2.31. The third kappa shape index (κ3) is 2.33. The van der Waals surface area contributed by atoms with Crippen LogP contribution in [0.15, 0.2) is 18.6 Å². The van der Waals surface area contributed by atoms with Gasteiger partial charge in [0, 0.05) is 68.2 Å². The Morgan fingerprint density at radius 2 is 2.20 bits per heavy atom. The Morgan fingerprint density at radius 1 is 1.30 bits per heavy atom. The van der Waals surface area contributed by atoms with Crippen LogP contribution in [0.4, 0.5) is 0 Å². The van der Waals surface area contributed by atoms with Crippen LogP contribution in [0.1, 0.15) is 41.4 Å². The summed E-state index contributed by atoms with van der Waals surface area (Å²) in [5, 5.41) is 4.23. The molecule has 20 heavy (non-hydrogen) atoms. The summed E-state index contributed by atoms with van der Waals surface area (Å²) in [5.74, 6) is 1.72. The lowest BCUT2D eigenvalue weighted by molar-refractivity contribution is 0.242. The van der Waals surface area contributed by atoms with Crippen molar-refractivity contribution in [1.29, 1.82) is 0 Å². The number of fused-ring (bicyclic) bond motifs is 1. The van der Waals surface area contributed by atoms with Gasteiger partial charge in [-0.1, -0.05) is 0 Å². The smallest absolute Gasteiger partial charge is 0.131 e. The number of nitrogens with zero attached hydrogens (tertiary/aromatic N) is 5. The van der Waals surface area contributed by atoms with E-state index in [9.17, 15) is 0 Å². The predicted molar refractivity (Wildman–Crippen MR) is 75.0 cm³/mol. The summed E-state index contributed by atoms with van der Waals surface area (Å²) in [7, 11) is 1.96. The van der Waals surface area contributed by atoms with Crippen LogP contribution in [-0.4, -0.2) is 31.2 Å². The van der Waals surface area contributed by atoms with E-state index in [1.165, 1.54) is 29.7 Å². The first-order valence-electron chi connectivity index (χ1n) is 7.32. The highest BCUT2D eigenvalue weighted by Gasteiger charge is 2.28. The van der Waals surface area contributed by atoms with Crippen LogP contribution < -0.4 is 0 Å². The van der Waals surface area contributed by atoms with Gasteiger partial charge in [0.2, 0.25) is 0 Å². The zero-order chi connectivity index (χ0) is 13.5. The van der Waals surface area contributed by atoms with Crippen molar-refractivity contribution in [2.75, 3.05) is 6.54 Å². The van der Waals surface area contributed by atoms with Crippen molar-refractivity contribution < 1.29 is 0 Å². The molecule has 5 nitrogen and oxygen atoms in total. The molecule has 0 aromatic carbocycles. The van der Waals surface area contributed by atoms with Crippen LogP contribution in [0.2, 0.25) is 0 Å². The third-order valence-corrected chi connectivity index (χ3v) is 4.14. The van der Waals surface area contributed by atoms with E-state index < -0.39 is 0 Å². The SMILES string of the molecule is Cn1cc(CN2CCc3nc(C4CC4)ncc3C2)cn1. The second kappa shape index (κ2) is 4.66. The molecule has 1 aliphatic heterocycles. The van der Waals surface area contributed by atoms with E-state index in [4.69, 9.17) is 4.98 Å². The lowest BCUT2D eigenvalue weighted by atomic mass is 10.1. The van der Waals surface area contributed by atoms with Crippen molar-refractivity contribution >= 4 is 0 Å². The van der Waals surface area contributed by atoms with Gasteiger partial charge in [0.15, 0.2) is 0 Å². The van der Waals surface area contributed by atoms with Gasteiger partial charge in [-0.2, -0.15) is 5.10 Å². The van der Waals surface area contributed by atoms with Crippen molar-refractivity contribution in [2.24, 2.45) is 7.05 Å². The first kappa shape index (κ1) is 12.0. The fourth-order valence-electron chi connectivity index (χ4n) is 2.87. The summed E-state index contributed by atoms with van der Waals surface area (Å²) >= 11 is 0. The van der Waals surface area contributed by atoms with Gasteiger partial charge in [0.05, 0.1) is 6.20 Å². The molecule has 1 saturated carbocycles. The molecule has 0 spiro atoms. The predicted octanol–water partition coefficient (Wildman–Crippen LogP) is 1.65. The zero-order valence-corrected chi connectivity index (χ0v) is 11.8. The van der Waals surface area contributed by atoms with Crippen LogP contribution >= 0.6 is 0 Å². The fraction of sp³-hybridized carbons (Fsp3) is 0.533. The molecule has 0 unspecified atom stereocenters. The van der Waals surface area contributed by atoms with Crippen LogP contribution in [0.3, 0.4) is 0 Å². The van der Waals surface area contributed by atoms with Crippen molar-refractivity contribution in [3.8, 4) is 0 Å². The van der Waals surface area contributed by atoms with E-state index >= 15 is 0 Å². The maximum Gasteiger partial charge on any atom is 0.131 e. The molecule has 3 heterocycles. The second-order valence-corrected chi connectivity index (χ2v) is 5.96. The Hall–Kier alpha value is -1.75. The number of rotatable bonds is 3. The summed E-state index contributed by atoms with van der Waals surface area (Å²) in [6.07, 6.45) is 9.66. The van der Waals surface area contributed by atoms with E-state index in [0.717, 1.165) is 31.9 Å². The van der Waals surface area contributed by atoms with Gasteiger partial charge in [-0.05, 0) is 12.8 Å². The number of aryl methyl sites for hydroxylation is 1. The largest absolute Gasteiger partial charge is 0.294 e. The Kier molecular flexibility index (Phi) is 2.80. The molecule has 0 bridgehead atoms. The van der Waals surface area contributed by atoms with Gasteiger partial charge in [-0.3, -0.25) is 9.58 Å². The average molecular weight is 269 g/mol. The van der Waals surface area contributed by atoms with Gasteiger partial charge in [0.1, 0.15) is 5.82 Å². The normalized spacial score (nSPS) is 19.1. The van der Waals surface area contributed by atoms with Crippen LogP contribution in [0.25, 0.3) is 0 Å². The maximum absolute atomic E-state index is 4.77. The molecule has 0 saturated heterocycles. The fourth-order valence-corrected chi connectivity index (χ4v) is 2.87. The molecule has 2 aromatic rings. The van der Waals surface area contributed by atoms with E-state index in [-0.39, 0.29) is 0 Å². The highest BCUT2D eigenvalue weighted by atomic mass is 15.2. The van der Waals surface area contributed by atoms with Crippen molar-refractivity contribution in [3.63, 3.8) is 0 Å². The van der Waals surface area contributed by atoms with Gasteiger partial charge in [-0.15, -0.1) is 0 Å². The topological polar surface area (TPSA) is 46.8 Å². The average Bonchev–Trinajstić information content (AvgIpc) is 3.22. The second-order valence-electron chi connectivity index (χ2n) is 5.96. The highest BCUT2D eigenvalue weighted by molar-refractivity contribution is 5.23. The molecule has 4 rings (SSSR count). The number of hydrogen-bond acceptors (Lipinski definition) is 4.